The van der Waals surface area contributed by atoms with E-state index in [2.05, 4.69) is 10.4 Å². The Morgan fingerprint density at radius 2 is 2.03 bits per heavy atom. The molecular weight excluding hydrogens is 428 g/mol. The molecule has 0 spiro atoms. The first kappa shape index (κ1) is 21.8. The first-order valence-electron chi connectivity index (χ1n) is 9.11. The van der Waals surface area contributed by atoms with Crippen molar-refractivity contribution < 1.29 is 14.7 Å². The number of anilines is 1. The Morgan fingerprint density at radius 1 is 1.30 bits per heavy atom. The normalized spacial score (nSPS) is 11.5. The molecule has 3 aromatic rings. The molecule has 0 fully saturated rings. The topological polar surface area (TPSA) is 106 Å². The molecule has 0 saturated heterocycles. The minimum Gasteiger partial charge on any atom is -0.494 e. The van der Waals surface area contributed by atoms with Gasteiger partial charge in [0.15, 0.2) is 5.88 Å². The van der Waals surface area contributed by atoms with Crippen molar-refractivity contribution in [1.82, 2.24) is 14.3 Å². The molecule has 3 rings (SSSR count). The van der Waals surface area contributed by atoms with Crippen molar-refractivity contribution in [3.8, 4) is 17.1 Å². The molecule has 0 aromatic carbocycles. The Bertz CT molecular complexity index is 1160. The Kier molecular flexibility index (Phi) is 6.14. The number of nitrogens with one attached hydrogen (secondary N) is 1. The van der Waals surface area contributed by atoms with E-state index in [0.717, 1.165) is 9.44 Å². The molecule has 0 amide bonds. The van der Waals surface area contributed by atoms with Crippen LogP contribution < -0.4 is 10.9 Å². The van der Waals surface area contributed by atoms with Crippen LogP contribution >= 0.6 is 22.9 Å². The van der Waals surface area contributed by atoms with Gasteiger partial charge in [-0.3, -0.25) is 14.2 Å². The number of pyridine rings is 1. The highest BCUT2D eigenvalue weighted by molar-refractivity contribution is 7.16. The lowest BCUT2D eigenvalue weighted by atomic mass is 9.96. The van der Waals surface area contributed by atoms with Crippen LogP contribution in [-0.2, 0) is 17.9 Å². The van der Waals surface area contributed by atoms with E-state index in [4.69, 9.17) is 11.6 Å². The molecule has 0 aliphatic carbocycles. The first-order valence-corrected chi connectivity index (χ1v) is 10.3. The summed E-state index contributed by atoms with van der Waals surface area (Å²) in [5, 5.41) is 17.4. The van der Waals surface area contributed by atoms with Gasteiger partial charge in [-0.15, -0.1) is 11.3 Å². The molecule has 30 heavy (non-hydrogen) atoms. The van der Waals surface area contributed by atoms with Gasteiger partial charge in [0.2, 0.25) is 0 Å². The molecule has 0 aliphatic rings. The summed E-state index contributed by atoms with van der Waals surface area (Å²) in [5.41, 5.74) is -0.869. The second kappa shape index (κ2) is 8.45. The molecule has 3 heterocycles. The smallest absolute Gasteiger partial charge is 0.263 e. The SMILES string of the molecule is CC(C)(C)C(=O)n1nc(-c2ccc(O)n(CC=O)c2=O)cc1NCc1ccc(Cl)s1. The lowest BCUT2D eigenvalue weighted by molar-refractivity contribution is -0.108. The number of nitrogens with zero attached hydrogens (tertiary/aromatic N) is 3. The number of aromatic hydroxyl groups is 1. The Balaban J connectivity index is 2.05. The van der Waals surface area contributed by atoms with Gasteiger partial charge in [0, 0.05) is 16.4 Å². The third-order valence-electron chi connectivity index (χ3n) is 4.30. The second-order valence-corrected chi connectivity index (χ2v) is 9.43. The summed E-state index contributed by atoms with van der Waals surface area (Å²) in [6.07, 6.45) is 0.520. The van der Waals surface area contributed by atoms with Gasteiger partial charge in [0.05, 0.1) is 23.0 Å². The third kappa shape index (κ3) is 4.47. The fourth-order valence-electron chi connectivity index (χ4n) is 2.75. The van der Waals surface area contributed by atoms with Gasteiger partial charge in [-0.25, -0.2) is 0 Å². The van der Waals surface area contributed by atoms with Gasteiger partial charge >= 0.3 is 0 Å². The van der Waals surface area contributed by atoms with Crippen molar-refractivity contribution in [3.05, 3.63) is 49.9 Å². The zero-order valence-electron chi connectivity index (χ0n) is 16.7. The van der Waals surface area contributed by atoms with Crippen LogP contribution in [0.5, 0.6) is 5.88 Å². The van der Waals surface area contributed by atoms with Crippen molar-refractivity contribution in [1.29, 1.82) is 0 Å². The maximum Gasteiger partial charge on any atom is 0.263 e. The van der Waals surface area contributed by atoms with E-state index in [0.29, 0.717) is 23.0 Å². The van der Waals surface area contributed by atoms with Gasteiger partial charge in [0.25, 0.3) is 11.5 Å². The van der Waals surface area contributed by atoms with Crippen LogP contribution in [0.1, 0.15) is 30.4 Å². The number of hydrogen-bond donors (Lipinski definition) is 2. The van der Waals surface area contributed by atoms with Crippen molar-refractivity contribution >= 4 is 40.9 Å². The van der Waals surface area contributed by atoms with Crippen molar-refractivity contribution in [2.45, 2.75) is 33.9 Å². The molecule has 0 aliphatic heterocycles. The van der Waals surface area contributed by atoms with E-state index in [9.17, 15) is 19.5 Å². The highest BCUT2D eigenvalue weighted by atomic mass is 35.5. The van der Waals surface area contributed by atoms with Crippen molar-refractivity contribution in [2.24, 2.45) is 5.41 Å². The number of carbonyl (C=O) groups is 2. The highest BCUT2D eigenvalue weighted by Crippen LogP contribution is 2.27. The summed E-state index contributed by atoms with van der Waals surface area (Å²) >= 11 is 7.39. The monoisotopic (exact) mass is 448 g/mol. The molecule has 0 saturated carbocycles. The van der Waals surface area contributed by atoms with Crippen molar-refractivity contribution in [3.63, 3.8) is 0 Å². The fraction of sp³-hybridized carbons (Fsp3) is 0.300. The molecule has 158 valence electrons. The van der Waals surface area contributed by atoms with E-state index < -0.39 is 11.0 Å². The number of hydrogen-bond acceptors (Lipinski definition) is 7. The lowest BCUT2D eigenvalue weighted by Crippen LogP contribution is -2.29. The number of rotatable bonds is 6. The molecule has 8 nitrogen and oxygen atoms in total. The van der Waals surface area contributed by atoms with Crippen molar-refractivity contribution in [2.75, 3.05) is 5.32 Å². The molecular formula is C20H21ClN4O4S. The molecule has 0 bridgehead atoms. The molecule has 0 unspecified atom stereocenters. The van der Waals surface area contributed by atoms with Crippen LogP contribution in [0.15, 0.2) is 35.1 Å². The van der Waals surface area contributed by atoms with E-state index in [1.165, 1.54) is 28.2 Å². The molecule has 2 N–H and O–H groups in total. The molecule has 3 aromatic heterocycles. The van der Waals surface area contributed by atoms with Gasteiger partial charge in [-0.05, 0) is 24.3 Å². The summed E-state index contributed by atoms with van der Waals surface area (Å²) in [6, 6.07) is 7.99. The lowest BCUT2D eigenvalue weighted by Gasteiger charge is -2.18. The summed E-state index contributed by atoms with van der Waals surface area (Å²) in [6.45, 7) is 5.46. The van der Waals surface area contributed by atoms with Crippen LogP contribution in [0.25, 0.3) is 11.3 Å². The minimum atomic E-state index is -0.710. The van der Waals surface area contributed by atoms with E-state index >= 15 is 0 Å². The molecule has 10 heteroatoms. The Morgan fingerprint density at radius 3 is 2.63 bits per heavy atom. The maximum absolute atomic E-state index is 12.9. The summed E-state index contributed by atoms with van der Waals surface area (Å²) in [5.74, 6) is -0.162. The van der Waals surface area contributed by atoms with Crippen LogP contribution in [-0.4, -0.2) is 31.6 Å². The Labute approximate surface area is 181 Å². The number of thiophene rings is 1. The Hall–Kier alpha value is -2.91. The predicted octanol–water partition coefficient (Wildman–Crippen LogP) is 3.63. The number of carbonyl (C=O) groups excluding carboxylic acids is 2. The maximum atomic E-state index is 12.9. The predicted molar refractivity (Wildman–Crippen MR) is 116 cm³/mol. The zero-order valence-corrected chi connectivity index (χ0v) is 18.3. The van der Waals surface area contributed by atoms with Crippen LogP contribution in [0.2, 0.25) is 4.34 Å². The highest BCUT2D eigenvalue weighted by Gasteiger charge is 2.27. The number of aromatic nitrogens is 3. The standard InChI is InChI=1S/C20H21ClN4O4S/c1-20(2,3)19(29)25-16(22-11-12-4-6-15(21)30-12)10-14(23-25)13-5-7-17(27)24(8-9-26)18(13)28/h4-7,9-10,22,27H,8,11H2,1-3H3. The summed E-state index contributed by atoms with van der Waals surface area (Å²) in [4.78, 5) is 37.5. The van der Waals surface area contributed by atoms with Crippen LogP contribution in [0.3, 0.4) is 0 Å². The third-order valence-corrected chi connectivity index (χ3v) is 5.53. The van der Waals surface area contributed by atoms with Gasteiger partial charge < -0.3 is 15.2 Å². The van der Waals surface area contributed by atoms with E-state index in [-0.39, 0.29) is 29.6 Å². The second-order valence-electron chi connectivity index (χ2n) is 7.63. The first-order chi connectivity index (χ1) is 14.1. The number of aldehydes is 1. The van der Waals surface area contributed by atoms with Gasteiger partial charge in [-0.2, -0.15) is 9.78 Å². The quantitative estimate of drug-likeness (QED) is 0.558. The average Bonchev–Trinajstić information content (AvgIpc) is 3.28. The zero-order chi connectivity index (χ0) is 22.1. The molecule has 0 atom stereocenters. The summed E-state index contributed by atoms with van der Waals surface area (Å²) < 4.78 is 2.83. The van der Waals surface area contributed by atoms with Crippen LogP contribution in [0, 0.1) is 5.41 Å². The average molecular weight is 449 g/mol. The summed E-state index contributed by atoms with van der Waals surface area (Å²) in [7, 11) is 0. The minimum absolute atomic E-state index is 0.164. The van der Waals surface area contributed by atoms with Crippen LogP contribution in [0.4, 0.5) is 5.82 Å². The van der Waals surface area contributed by atoms with Gasteiger partial charge in [-0.1, -0.05) is 32.4 Å². The largest absolute Gasteiger partial charge is 0.494 e. The number of halogens is 1. The fourth-order valence-corrected chi connectivity index (χ4v) is 3.78. The van der Waals surface area contributed by atoms with E-state index in [1.54, 1.807) is 32.9 Å². The molecule has 0 radical (unpaired) electrons. The van der Waals surface area contributed by atoms with Gasteiger partial charge in [0.1, 0.15) is 17.8 Å². The van der Waals surface area contributed by atoms with E-state index in [1.807, 2.05) is 6.07 Å².